The molecule has 2 aromatic rings. The molecule has 7 heteroatoms. The van der Waals surface area contributed by atoms with E-state index in [9.17, 15) is 14.4 Å². The zero-order valence-electron chi connectivity index (χ0n) is 35.4. The van der Waals surface area contributed by atoms with Crippen molar-refractivity contribution >= 4 is 17.9 Å². The second-order valence-electron chi connectivity index (χ2n) is 18.7. The van der Waals surface area contributed by atoms with E-state index < -0.39 is 11.9 Å². The normalized spacial score (nSPS) is 28.2. The van der Waals surface area contributed by atoms with Crippen molar-refractivity contribution in [2.45, 2.75) is 131 Å². The number of allylic oxidation sites excluding steroid dienone is 2. The predicted molar refractivity (Wildman–Crippen MR) is 225 cm³/mol. The van der Waals surface area contributed by atoms with Crippen LogP contribution < -0.4 is 14.2 Å². The Morgan fingerprint density at radius 3 is 2.16 bits per heavy atom. The molecule has 0 amide bonds. The van der Waals surface area contributed by atoms with Gasteiger partial charge in [0, 0.05) is 6.08 Å². The van der Waals surface area contributed by atoms with E-state index in [1.807, 2.05) is 0 Å². The van der Waals surface area contributed by atoms with Crippen molar-refractivity contribution in [3.63, 3.8) is 0 Å². The summed E-state index contributed by atoms with van der Waals surface area (Å²) >= 11 is 0. The van der Waals surface area contributed by atoms with Crippen LogP contribution in [0.25, 0.3) is 0 Å². The fraction of sp³-hybridized carbons (Fsp3) is 0.620. The van der Waals surface area contributed by atoms with Crippen molar-refractivity contribution in [1.29, 1.82) is 0 Å². The molecule has 1 unspecified atom stereocenters. The number of unbranched alkanes of at least 4 members (excludes halogenated alkanes) is 3. The SMILES string of the molecule is C=CC(=O)OCCCCCCOc1ccc(C(=O)Oc2ccc(OC(=O)C3CC[C@@]4(C)C(=CC[C@H]5[C@@H]6CC[C@H]([C@H](C)CCCC(C)C)[C@@]6(C)CC[C@@H]54)C3)cc2)cc1. The first-order chi connectivity index (χ1) is 27.4. The number of carbonyl (C=O) groups is 3. The van der Waals surface area contributed by atoms with Crippen LogP contribution in [0.4, 0.5) is 0 Å². The van der Waals surface area contributed by atoms with Crippen molar-refractivity contribution in [2.75, 3.05) is 13.2 Å². The number of hydrogen-bond acceptors (Lipinski definition) is 7. The molecule has 6 rings (SSSR count). The first-order valence-corrected chi connectivity index (χ1v) is 22.2. The van der Waals surface area contributed by atoms with Gasteiger partial charge >= 0.3 is 17.9 Å². The molecule has 2 aromatic carbocycles. The summed E-state index contributed by atoms with van der Waals surface area (Å²) in [5, 5.41) is 0. The Labute approximate surface area is 342 Å². The molecule has 0 N–H and O–H groups in total. The molecule has 4 aliphatic rings. The highest BCUT2D eigenvalue weighted by Crippen LogP contribution is 2.67. The van der Waals surface area contributed by atoms with E-state index in [-0.39, 0.29) is 17.3 Å². The fourth-order valence-electron chi connectivity index (χ4n) is 11.5. The van der Waals surface area contributed by atoms with Gasteiger partial charge in [0.25, 0.3) is 0 Å². The summed E-state index contributed by atoms with van der Waals surface area (Å²) in [5.74, 6) is 5.16. The summed E-state index contributed by atoms with van der Waals surface area (Å²) in [7, 11) is 0. The van der Waals surface area contributed by atoms with Crippen LogP contribution in [0.2, 0.25) is 0 Å². The van der Waals surface area contributed by atoms with Crippen molar-refractivity contribution < 1.29 is 33.3 Å². The Kier molecular flexibility index (Phi) is 14.4. The molecule has 8 atom stereocenters. The number of ether oxygens (including phenoxy) is 4. The monoisotopic (exact) mass is 780 g/mol. The highest BCUT2D eigenvalue weighted by atomic mass is 16.5. The van der Waals surface area contributed by atoms with E-state index in [1.54, 1.807) is 48.5 Å². The van der Waals surface area contributed by atoms with Crippen LogP contribution in [0.15, 0.2) is 72.8 Å². The van der Waals surface area contributed by atoms with Crippen LogP contribution in [0, 0.1) is 52.3 Å². The first kappa shape index (κ1) is 42.7. The molecule has 0 aliphatic heterocycles. The summed E-state index contributed by atoms with van der Waals surface area (Å²) in [6, 6.07) is 13.6. The fourth-order valence-corrected chi connectivity index (χ4v) is 11.5. The Bertz CT molecular complexity index is 1710. The van der Waals surface area contributed by atoms with Gasteiger partial charge < -0.3 is 18.9 Å². The molecule has 0 heterocycles. The van der Waals surface area contributed by atoms with Crippen LogP contribution in [0.3, 0.4) is 0 Å². The number of hydrogen-bond donors (Lipinski definition) is 0. The van der Waals surface area contributed by atoms with Crippen LogP contribution >= 0.6 is 0 Å². The Morgan fingerprint density at radius 1 is 0.772 bits per heavy atom. The third-order valence-corrected chi connectivity index (χ3v) is 14.7. The summed E-state index contributed by atoms with van der Waals surface area (Å²) in [5.41, 5.74) is 2.58. The van der Waals surface area contributed by atoms with E-state index >= 15 is 0 Å². The number of fused-ring (bicyclic) bond motifs is 5. The lowest BCUT2D eigenvalue weighted by atomic mass is 9.46. The maximum Gasteiger partial charge on any atom is 0.343 e. The molecule has 4 aliphatic carbocycles. The Hall–Kier alpha value is -3.87. The van der Waals surface area contributed by atoms with Crippen molar-refractivity contribution in [2.24, 2.45) is 52.3 Å². The number of esters is 3. The van der Waals surface area contributed by atoms with Gasteiger partial charge in [0.15, 0.2) is 0 Å². The molecule has 0 spiro atoms. The minimum Gasteiger partial charge on any atom is -0.494 e. The van der Waals surface area contributed by atoms with Gasteiger partial charge in [-0.05, 0) is 172 Å². The van der Waals surface area contributed by atoms with Crippen LogP contribution in [0.5, 0.6) is 17.2 Å². The summed E-state index contributed by atoms with van der Waals surface area (Å²) in [4.78, 5) is 37.4. The van der Waals surface area contributed by atoms with Gasteiger partial charge in [-0.15, -0.1) is 0 Å². The van der Waals surface area contributed by atoms with E-state index in [1.165, 1.54) is 63.0 Å². The predicted octanol–water partition coefficient (Wildman–Crippen LogP) is 12.1. The van der Waals surface area contributed by atoms with Crippen LogP contribution in [0.1, 0.15) is 141 Å². The van der Waals surface area contributed by atoms with Crippen LogP contribution in [-0.2, 0) is 14.3 Å². The van der Waals surface area contributed by atoms with E-state index in [4.69, 9.17) is 18.9 Å². The molecule has 57 heavy (non-hydrogen) atoms. The van der Waals surface area contributed by atoms with Gasteiger partial charge in [0.05, 0.1) is 24.7 Å². The van der Waals surface area contributed by atoms with E-state index in [0.29, 0.717) is 41.4 Å². The van der Waals surface area contributed by atoms with Gasteiger partial charge in [0.2, 0.25) is 0 Å². The number of benzene rings is 2. The zero-order chi connectivity index (χ0) is 40.6. The lowest BCUT2D eigenvalue weighted by Gasteiger charge is -2.58. The van der Waals surface area contributed by atoms with Gasteiger partial charge in [-0.3, -0.25) is 4.79 Å². The second-order valence-corrected chi connectivity index (χ2v) is 18.7. The number of carbonyl (C=O) groups excluding carboxylic acids is 3. The molecule has 3 saturated carbocycles. The molecular weight excluding hydrogens is 713 g/mol. The molecule has 3 fully saturated rings. The standard InChI is InChI=1S/C50H68O7/c1-7-46(51)55-32-11-9-8-10-31-54-39-18-15-36(16-19-39)47(52)56-40-20-22-41(23-21-40)57-48(53)37-27-29-49(5)38(33-37)17-24-42-44-26-25-43(35(4)14-12-13-34(2)3)50(44,6)30-28-45(42)49/h7,15-23,34-35,37,42-45H,1,8-14,24-33H2,2-6H3/t35-,37?,42+,43-,44+,45+,49+,50-/m1/s1. The quantitative estimate of drug-likeness (QED) is 0.0489. The zero-order valence-corrected chi connectivity index (χ0v) is 35.4. The highest BCUT2D eigenvalue weighted by Gasteiger charge is 2.59. The summed E-state index contributed by atoms with van der Waals surface area (Å²) < 4.78 is 22.3. The molecule has 0 radical (unpaired) electrons. The van der Waals surface area contributed by atoms with Gasteiger partial charge in [0.1, 0.15) is 17.2 Å². The maximum absolute atomic E-state index is 13.5. The Balaban J connectivity index is 0.941. The second kappa shape index (κ2) is 19.3. The third-order valence-electron chi connectivity index (χ3n) is 14.7. The molecule has 0 bridgehead atoms. The molecule has 310 valence electrons. The highest BCUT2D eigenvalue weighted by molar-refractivity contribution is 5.91. The van der Waals surface area contributed by atoms with Gasteiger partial charge in [-0.2, -0.15) is 0 Å². The number of rotatable bonds is 18. The smallest absolute Gasteiger partial charge is 0.343 e. The summed E-state index contributed by atoms with van der Waals surface area (Å²) in [6.45, 7) is 16.8. The Morgan fingerprint density at radius 2 is 1.46 bits per heavy atom. The molecule has 7 nitrogen and oxygen atoms in total. The largest absolute Gasteiger partial charge is 0.494 e. The average Bonchev–Trinajstić information content (AvgIpc) is 3.56. The van der Waals surface area contributed by atoms with Gasteiger partial charge in [-0.1, -0.05) is 72.1 Å². The van der Waals surface area contributed by atoms with Gasteiger partial charge in [-0.25, -0.2) is 9.59 Å². The lowest BCUT2D eigenvalue weighted by molar-refractivity contribution is -0.141. The third kappa shape index (κ3) is 10.2. The van der Waals surface area contributed by atoms with Crippen molar-refractivity contribution in [3.8, 4) is 17.2 Å². The molecular formula is C50H68O7. The molecule has 0 saturated heterocycles. The van der Waals surface area contributed by atoms with Crippen molar-refractivity contribution in [1.82, 2.24) is 0 Å². The maximum atomic E-state index is 13.5. The summed E-state index contributed by atoms with van der Waals surface area (Å²) in [6.07, 6.45) is 20.8. The van der Waals surface area contributed by atoms with E-state index in [0.717, 1.165) is 80.5 Å². The van der Waals surface area contributed by atoms with Crippen molar-refractivity contribution in [3.05, 3.63) is 78.4 Å². The topological polar surface area (TPSA) is 88.1 Å². The minimum atomic E-state index is -0.473. The average molecular weight is 781 g/mol. The first-order valence-electron chi connectivity index (χ1n) is 22.2. The lowest BCUT2D eigenvalue weighted by Crippen LogP contribution is -2.50. The van der Waals surface area contributed by atoms with E-state index in [2.05, 4.69) is 47.3 Å². The van der Waals surface area contributed by atoms with Crippen LogP contribution in [-0.4, -0.2) is 31.1 Å². The molecule has 0 aromatic heterocycles. The minimum absolute atomic E-state index is 0.137.